The summed E-state index contributed by atoms with van der Waals surface area (Å²) in [5.41, 5.74) is 0.956. The van der Waals surface area contributed by atoms with Crippen molar-refractivity contribution in [1.29, 1.82) is 0 Å². The molecule has 0 radical (unpaired) electrons. The third kappa shape index (κ3) is 4.76. The molecule has 2 unspecified atom stereocenters. The summed E-state index contributed by atoms with van der Waals surface area (Å²) in [5.74, 6) is -0.0502. The van der Waals surface area contributed by atoms with Gasteiger partial charge >= 0.3 is 0 Å². The van der Waals surface area contributed by atoms with Gasteiger partial charge in [0.05, 0.1) is 27.7 Å². The molecule has 3 rings (SSSR count). The van der Waals surface area contributed by atoms with Crippen molar-refractivity contribution in [2.45, 2.75) is 16.9 Å². The Kier molecular flexibility index (Phi) is 6.55. The van der Waals surface area contributed by atoms with E-state index in [1.54, 1.807) is 36.4 Å². The van der Waals surface area contributed by atoms with Gasteiger partial charge in [0, 0.05) is 25.6 Å². The topological polar surface area (TPSA) is 67.4 Å². The lowest BCUT2D eigenvalue weighted by molar-refractivity contribution is 0.0560. The molecule has 1 saturated heterocycles. The Morgan fingerprint density at radius 3 is 2.62 bits per heavy atom. The van der Waals surface area contributed by atoms with Gasteiger partial charge in [-0.2, -0.15) is 0 Å². The molecule has 2 aromatic carbocycles. The van der Waals surface area contributed by atoms with Crippen LogP contribution in [0.3, 0.4) is 0 Å². The van der Waals surface area contributed by atoms with Crippen molar-refractivity contribution in [3.63, 3.8) is 0 Å². The molecule has 0 saturated carbocycles. The first-order valence-electron chi connectivity index (χ1n) is 8.29. The van der Waals surface area contributed by atoms with Crippen molar-refractivity contribution in [1.82, 2.24) is 10.0 Å². The molecule has 1 fully saturated rings. The molecule has 140 valence electrons. The number of hydrogen-bond donors (Lipinski definition) is 2. The third-order valence-corrected chi connectivity index (χ3v) is 6.50. The van der Waals surface area contributed by atoms with Gasteiger partial charge in [0.25, 0.3) is 0 Å². The summed E-state index contributed by atoms with van der Waals surface area (Å²) in [5, 5.41) is 4.27. The Balaban J connectivity index is 1.78. The summed E-state index contributed by atoms with van der Waals surface area (Å²) in [4.78, 5) is 0.234. The van der Waals surface area contributed by atoms with Gasteiger partial charge < -0.3 is 10.1 Å². The lowest BCUT2D eigenvalue weighted by Gasteiger charge is -2.25. The van der Waals surface area contributed by atoms with Crippen LogP contribution in [0.4, 0.5) is 0 Å². The minimum Gasteiger partial charge on any atom is -0.375 e. The average Bonchev–Trinajstić information content (AvgIpc) is 2.89. The Bertz CT molecular complexity index is 847. The van der Waals surface area contributed by atoms with Crippen molar-refractivity contribution in [3.8, 4) is 0 Å². The molecule has 5 nitrogen and oxygen atoms in total. The van der Waals surface area contributed by atoms with E-state index in [0.29, 0.717) is 29.7 Å². The van der Waals surface area contributed by atoms with Crippen LogP contribution in [0.2, 0.25) is 10.0 Å². The Labute approximate surface area is 163 Å². The molecule has 0 aromatic heterocycles. The average molecular weight is 415 g/mol. The molecule has 1 heterocycles. The van der Waals surface area contributed by atoms with Gasteiger partial charge in [-0.05, 0) is 29.8 Å². The first-order chi connectivity index (χ1) is 12.5. The highest BCUT2D eigenvalue weighted by Crippen LogP contribution is 2.29. The molecule has 2 aromatic rings. The summed E-state index contributed by atoms with van der Waals surface area (Å²) in [7, 11) is -3.59. The van der Waals surface area contributed by atoms with Gasteiger partial charge in [-0.3, -0.25) is 0 Å². The highest BCUT2D eigenvalue weighted by atomic mass is 35.5. The number of rotatable bonds is 5. The maximum atomic E-state index is 12.5. The van der Waals surface area contributed by atoms with Gasteiger partial charge in [0.1, 0.15) is 0 Å². The minimum absolute atomic E-state index is 0.0502. The van der Waals surface area contributed by atoms with E-state index in [4.69, 9.17) is 27.9 Å². The molecule has 26 heavy (non-hydrogen) atoms. The highest BCUT2D eigenvalue weighted by molar-refractivity contribution is 7.89. The van der Waals surface area contributed by atoms with Crippen LogP contribution in [0.25, 0.3) is 0 Å². The maximum Gasteiger partial charge on any atom is 0.240 e. The zero-order valence-corrected chi connectivity index (χ0v) is 16.3. The van der Waals surface area contributed by atoms with E-state index in [0.717, 1.165) is 5.56 Å². The monoisotopic (exact) mass is 414 g/mol. The fraction of sp³-hybridized carbons (Fsp3) is 0.333. The van der Waals surface area contributed by atoms with Crippen LogP contribution in [-0.2, 0) is 14.8 Å². The number of ether oxygens (including phenoxy) is 1. The number of halogens is 2. The van der Waals surface area contributed by atoms with Crippen LogP contribution in [0, 0.1) is 0 Å². The van der Waals surface area contributed by atoms with Crippen molar-refractivity contribution >= 4 is 33.2 Å². The highest BCUT2D eigenvalue weighted by Gasteiger charge is 2.28. The van der Waals surface area contributed by atoms with Gasteiger partial charge in [-0.25, -0.2) is 13.1 Å². The van der Waals surface area contributed by atoms with E-state index in [9.17, 15) is 8.42 Å². The summed E-state index contributed by atoms with van der Waals surface area (Å²) in [6, 6.07) is 13.7. The molecule has 0 aliphatic carbocycles. The second kappa shape index (κ2) is 8.69. The lowest BCUT2D eigenvalue weighted by atomic mass is 9.93. The van der Waals surface area contributed by atoms with E-state index in [2.05, 4.69) is 10.0 Å². The molecule has 2 N–H and O–H groups in total. The lowest BCUT2D eigenvalue weighted by Crippen LogP contribution is -2.38. The summed E-state index contributed by atoms with van der Waals surface area (Å²) in [6.45, 7) is 2.05. The van der Waals surface area contributed by atoms with Gasteiger partial charge in [-0.15, -0.1) is 0 Å². The third-order valence-electron chi connectivity index (χ3n) is 4.32. The van der Waals surface area contributed by atoms with Crippen LogP contribution >= 0.6 is 23.2 Å². The second-order valence-electron chi connectivity index (χ2n) is 6.06. The Morgan fingerprint density at radius 1 is 1.12 bits per heavy atom. The van der Waals surface area contributed by atoms with Crippen molar-refractivity contribution in [2.24, 2.45) is 0 Å². The molecule has 2 atom stereocenters. The number of benzene rings is 2. The van der Waals surface area contributed by atoms with Crippen LogP contribution in [0.15, 0.2) is 53.4 Å². The van der Waals surface area contributed by atoms with E-state index >= 15 is 0 Å². The first-order valence-corrected chi connectivity index (χ1v) is 10.5. The van der Waals surface area contributed by atoms with Gasteiger partial charge in [0.15, 0.2) is 0 Å². The molecule has 0 bridgehead atoms. The summed E-state index contributed by atoms with van der Waals surface area (Å²) < 4.78 is 33.5. The van der Waals surface area contributed by atoms with Crippen molar-refractivity contribution < 1.29 is 13.2 Å². The van der Waals surface area contributed by atoms with Crippen LogP contribution in [0.1, 0.15) is 11.5 Å². The summed E-state index contributed by atoms with van der Waals surface area (Å²) >= 11 is 12.2. The molecule has 0 amide bonds. The van der Waals surface area contributed by atoms with Gasteiger partial charge in [-0.1, -0.05) is 47.5 Å². The SMILES string of the molecule is O=S(=O)(NCC1OCCNCC1c1ccc(Cl)c(Cl)c1)c1ccccc1. The molecule has 0 spiro atoms. The first kappa shape index (κ1) is 19.6. The summed E-state index contributed by atoms with van der Waals surface area (Å²) in [6.07, 6.45) is -0.319. The second-order valence-corrected chi connectivity index (χ2v) is 8.64. The Morgan fingerprint density at radius 2 is 1.88 bits per heavy atom. The van der Waals surface area contributed by atoms with E-state index in [1.165, 1.54) is 0 Å². The molecule has 1 aliphatic rings. The molecule has 8 heteroatoms. The van der Waals surface area contributed by atoms with Crippen LogP contribution in [0.5, 0.6) is 0 Å². The molecular weight excluding hydrogens is 395 g/mol. The normalized spacial score (nSPS) is 21.3. The predicted octanol–water partition coefficient (Wildman–Crippen LogP) is 3.04. The molecular formula is C18H20Cl2N2O3S. The zero-order chi connectivity index (χ0) is 18.6. The smallest absolute Gasteiger partial charge is 0.240 e. The van der Waals surface area contributed by atoms with E-state index < -0.39 is 10.0 Å². The van der Waals surface area contributed by atoms with Crippen molar-refractivity contribution in [3.05, 3.63) is 64.1 Å². The fourth-order valence-corrected chi connectivity index (χ4v) is 4.31. The molecule has 1 aliphatic heterocycles. The quantitative estimate of drug-likeness (QED) is 0.788. The fourth-order valence-electron chi connectivity index (χ4n) is 2.94. The number of sulfonamides is 1. The van der Waals surface area contributed by atoms with E-state index in [1.807, 2.05) is 12.1 Å². The van der Waals surface area contributed by atoms with E-state index in [-0.39, 0.29) is 23.5 Å². The largest absolute Gasteiger partial charge is 0.375 e. The maximum absolute atomic E-state index is 12.5. The Hall–Kier alpha value is -1.15. The van der Waals surface area contributed by atoms with Crippen LogP contribution < -0.4 is 10.0 Å². The number of nitrogens with one attached hydrogen (secondary N) is 2. The standard InChI is InChI=1S/C18H20Cl2N2O3S/c19-16-7-6-13(10-17(16)20)15-11-21-8-9-25-18(15)12-22-26(23,24)14-4-2-1-3-5-14/h1-7,10,15,18,21-22H,8-9,11-12H2. The van der Waals surface area contributed by atoms with Gasteiger partial charge in [0.2, 0.25) is 10.0 Å². The number of hydrogen-bond acceptors (Lipinski definition) is 4. The minimum atomic E-state index is -3.59. The van der Waals surface area contributed by atoms with Crippen molar-refractivity contribution in [2.75, 3.05) is 26.2 Å². The predicted molar refractivity (Wildman–Crippen MR) is 103 cm³/mol. The zero-order valence-electron chi connectivity index (χ0n) is 14.0. The van der Waals surface area contributed by atoms with Crippen LogP contribution in [-0.4, -0.2) is 40.8 Å².